The smallest absolute Gasteiger partial charge is 0.324 e. The fourth-order valence-electron chi connectivity index (χ4n) is 1.80. The molecular formula is C10H18N2O3. The van der Waals surface area contributed by atoms with E-state index >= 15 is 0 Å². The Bertz CT molecular complexity index is 225. The minimum Gasteiger partial charge on any atom is -0.468 e. The number of carbonyl (C=O) groups excluding carboxylic acids is 1. The minimum atomic E-state index is -0.159. The van der Waals surface area contributed by atoms with Crippen molar-refractivity contribution in [3.8, 4) is 0 Å². The van der Waals surface area contributed by atoms with Gasteiger partial charge in [0.15, 0.2) is 0 Å². The zero-order valence-electron chi connectivity index (χ0n) is 9.07. The lowest BCUT2D eigenvalue weighted by Gasteiger charge is -2.30. The molecule has 86 valence electrons. The van der Waals surface area contributed by atoms with E-state index in [0.717, 1.165) is 39.1 Å². The van der Waals surface area contributed by atoms with E-state index < -0.39 is 0 Å². The number of morpholine rings is 1. The average Bonchev–Trinajstić information content (AvgIpc) is 3.10. The Morgan fingerprint density at radius 1 is 1.47 bits per heavy atom. The Balaban J connectivity index is 1.84. The van der Waals surface area contributed by atoms with Crippen molar-refractivity contribution in [3.63, 3.8) is 0 Å². The van der Waals surface area contributed by atoms with Crippen LogP contribution in [0.2, 0.25) is 0 Å². The SMILES string of the molecule is COC(=O)C(NN1CCOCC1)C1CC1. The van der Waals surface area contributed by atoms with E-state index in [4.69, 9.17) is 9.47 Å². The Kier molecular flexibility index (Phi) is 3.56. The molecular weight excluding hydrogens is 196 g/mol. The van der Waals surface area contributed by atoms with Crippen LogP contribution in [0, 0.1) is 5.92 Å². The molecule has 0 amide bonds. The Morgan fingerprint density at radius 3 is 2.67 bits per heavy atom. The summed E-state index contributed by atoms with van der Waals surface area (Å²) in [4.78, 5) is 11.5. The fourth-order valence-corrected chi connectivity index (χ4v) is 1.80. The third kappa shape index (κ3) is 2.90. The second-order valence-electron chi connectivity index (χ2n) is 4.07. The van der Waals surface area contributed by atoms with E-state index in [2.05, 4.69) is 10.4 Å². The topological polar surface area (TPSA) is 50.8 Å². The van der Waals surface area contributed by atoms with Gasteiger partial charge in [0.1, 0.15) is 6.04 Å². The van der Waals surface area contributed by atoms with Crippen molar-refractivity contribution in [1.29, 1.82) is 0 Å². The lowest BCUT2D eigenvalue weighted by molar-refractivity contribution is -0.146. The summed E-state index contributed by atoms with van der Waals surface area (Å²) in [5, 5.41) is 2.06. The summed E-state index contributed by atoms with van der Waals surface area (Å²) in [7, 11) is 1.44. The van der Waals surface area contributed by atoms with Crippen molar-refractivity contribution in [1.82, 2.24) is 10.4 Å². The number of hydrogen-bond acceptors (Lipinski definition) is 5. The normalized spacial score (nSPS) is 24.9. The molecule has 1 aliphatic carbocycles. The molecule has 1 saturated heterocycles. The van der Waals surface area contributed by atoms with E-state index in [1.807, 2.05) is 0 Å². The fraction of sp³-hybridized carbons (Fsp3) is 0.900. The number of hydrazine groups is 1. The highest BCUT2D eigenvalue weighted by Crippen LogP contribution is 2.33. The molecule has 2 fully saturated rings. The van der Waals surface area contributed by atoms with Gasteiger partial charge in [0, 0.05) is 13.1 Å². The molecule has 2 rings (SSSR count). The molecule has 0 radical (unpaired) electrons. The molecule has 5 nitrogen and oxygen atoms in total. The third-order valence-electron chi connectivity index (χ3n) is 2.88. The Hall–Kier alpha value is -0.650. The van der Waals surface area contributed by atoms with Crippen LogP contribution in [0.4, 0.5) is 0 Å². The van der Waals surface area contributed by atoms with Crippen LogP contribution in [-0.2, 0) is 14.3 Å². The zero-order valence-corrected chi connectivity index (χ0v) is 9.07. The van der Waals surface area contributed by atoms with Gasteiger partial charge < -0.3 is 9.47 Å². The molecule has 1 unspecified atom stereocenters. The van der Waals surface area contributed by atoms with Crippen LogP contribution >= 0.6 is 0 Å². The van der Waals surface area contributed by atoms with Crippen molar-refractivity contribution in [2.75, 3.05) is 33.4 Å². The lowest BCUT2D eigenvalue weighted by Crippen LogP contribution is -2.53. The van der Waals surface area contributed by atoms with E-state index in [9.17, 15) is 4.79 Å². The predicted molar refractivity (Wildman–Crippen MR) is 54.1 cm³/mol. The number of carbonyl (C=O) groups is 1. The maximum absolute atomic E-state index is 11.5. The molecule has 1 aliphatic heterocycles. The van der Waals surface area contributed by atoms with Gasteiger partial charge in [0.05, 0.1) is 20.3 Å². The first-order chi connectivity index (χ1) is 7.31. The van der Waals surface area contributed by atoms with Gasteiger partial charge in [0.25, 0.3) is 0 Å². The number of methoxy groups -OCH3 is 1. The summed E-state index contributed by atoms with van der Waals surface area (Å²) < 4.78 is 10.0. The van der Waals surface area contributed by atoms with Crippen molar-refractivity contribution < 1.29 is 14.3 Å². The highest BCUT2D eigenvalue weighted by atomic mass is 16.5. The van der Waals surface area contributed by atoms with Gasteiger partial charge in [-0.25, -0.2) is 10.4 Å². The summed E-state index contributed by atoms with van der Waals surface area (Å²) in [5.74, 6) is 0.310. The summed E-state index contributed by atoms with van der Waals surface area (Å²) in [5.41, 5.74) is 3.25. The van der Waals surface area contributed by atoms with Crippen LogP contribution in [0.5, 0.6) is 0 Å². The molecule has 0 aromatic heterocycles. The van der Waals surface area contributed by atoms with Gasteiger partial charge >= 0.3 is 5.97 Å². The van der Waals surface area contributed by atoms with E-state index in [1.54, 1.807) is 0 Å². The van der Waals surface area contributed by atoms with Gasteiger partial charge in [-0.05, 0) is 18.8 Å². The van der Waals surface area contributed by atoms with Crippen molar-refractivity contribution in [2.45, 2.75) is 18.9 Å². The van der Waals surface area contributed by atoms with Gasteiger partial charge in [-0.2, -0.15) is 0 Å². The molecule has 0 aromatic rings. The Morgan fingerprint density at radius 2 is 2.13 bits per heavy atom. The van der Waals surface area contributed by atoms with Gasteiger partial charge in [0.2, 0.25) is 0 Å². The molecule has 0 aromatic carbocycles. The molecule has 1 N–H and O–H groups in total. The van der Waals surface area contributed by atoms with Gasteiger partial charge in [-0.15, -0.1) is 0 Å². The first-order valence-corrected chi connectivity index (χ1v) is 5.48. The van der Waals surface area contributed by atoms with Crippen LogP contribution in [0.15, 0.2) is 0 Å². The maximum Gasteiger partial charge on any atom is 0.324 e. The van der Waals surface area contributed by atoms with Gasteiger partial charge in [-0.3, -0.25) is 4.79 Å². The van der Waals surface area contributed by atoms with Gasteiger partial charge in [-0.1, -0.05) is 0 Å². The number of nitrogens with zero attached hydrogens (tertiary/aromatic N) is 1. The van der Waals surface area contributed by atoms with Crippen molar-refractivity contribution in [2.24, 2.45) is 5.92 Å². The standard InChI is InChI=1S/C10H18N2O3/c1-14-10(13)9(8-2-3-8)11-12-4-6-15-7-5-12/h8-9,11H,2-7H2,1H3. The predicted octanol–water partition coefficient (Wildman–Crippen LogP) is -0.225. The minimum absolute atomic E-state index is 0.149. The van der Waals surface area contributed by atoms with E-state index in [0.29, 0.717) is 5.92 Å². The molecule has 1 saturated carbocycles. The largest absolute Gasteiger partial charge is 0.468 e. The molecule has 1 atom stereocenters. The first-order valence-electron chi connectivity index (χ1n) is 5.48. The van der Waals surface area contributed by atoms with E-state index in [1.165, 1.54) is 7.11 Å². The molecule has 15 heavy (non-hydrogen) atoms. The number of nitrogens with one attached hydrogen (secondary N) is 1. The lowest BCUT2D eigenvalue weighted by atomic mass is 10.2. The van der Waals surface area contributed by atoms with Crippen LogP contribution in [0.3, 0.4) is 0 Å². The van der Waals surface area contributed by atoms with Crippen LogP contribution < -0.4 is 5.43 Å². The number of ether oxygens (including phenoxy) is 2. The second-order valence-corrected chi connectivity index (χ2v) is 4.07. The first kappa shape index (κ1) is 10.9. The van der Waals surface area contributed by atoms with Crippen LogP contribution in [-0.4, -0.2) is 50.4 Å². The maximum atomic E-state index is 11.5. The molecule has 2 aliphatic rings. The zero-order chi connectivity index (χ0) is 10.7. The van der Waals surface area contributed by atoms with Crippen molar-refractivity contribution >= 4 is 5.97 Å². The highest BCUT2D eigenvalue weighted by Gasteiger charge is 2.38. The van der Waals surface area contributed by atoms with Crippen LogP contribution in [0.1, 0.15) is 12.8 Å². The number of rotatable bonds is 4. The summed E-state index contributed by atoms with van der Waals surface area (Å²) in [6.45, 7) is 3.12. The van der Waals surface area contributed by atoms with Crippen LogP contribution in [0.25, 0.3) is 0 Å². The molecule has 0 bridgehead atoms. The monoisotopic (exact) mass is 214 g/mol. The molecule has 0 spiro atoms. The summed E-state index contributed by atoms with van der Waals surface area (Å²) in [6, 6.07) is -0.159. The third-order valence-corrected chi connectivity index (χ3v) is 2.88. The summed E-state index contributed by atoms with van der Waals surface area (Å²) in [6.07, 6.45) is 2.24. The molecule has 1 heterocycles. The average molecular weight is 214 g/mol. The summed E-state index contributed by atoms with van der Waals surface area (Å²) >= 11 is 0. The second kappa shape index (κ2) is 4.92. The van der Waals surface area contributed by atoms with Crippen molar-refractivity contribution in [3.05, 3.63) is 0 Å². The number of esters is 1. The molecule has 5 heteroatoms. The highest BCUT2D eigenvalue weighted by molar-refractivity contribution is 5.76. The van der Waals surface area contributed by atoms with E-state index in [-0.39, 0.29) is 12.0 Å². The quantitative estimate of drug-likeness (QED) is 0.655. The Labute approximate surface area is 89.7 Å². The number of hydrogen-bond donors (Lipinski definition) is 1.